The predicted octanol–water partition coefficient (Wildman–Crippen LogP) is 2.60. The first-order valence-corrected chi connectivity index (χ1v) is 6.92. The molecule has 0 aromatic heterocycles. The summed E-state index contributed by atoms with van der Waals surface area (Å²) < 4.78 is 4.88. The number of fused-ring (bicyclic) bond motifs is 1. The largest absolute Gasteiger partial charge is 0.415 e. The molecule has 6 heteroatoms. The van der Waals surface area contributed by atoms with Crippen LogP contribution in [-0.2, 0) is 15.3 Å². The lowest BCUT2D eigenvalue weighted by Gasteiger charge is -2.21. The van der Waals surface area contributed by atoms with Crippen LogP contribution in [0.5, 0.6) is 0 Å². The molecule has 5 nitrogen and oxygen atoms in total. The van der Waals surface area contributed by atoms with E-state index in [1.54, 1.807) is 30.3 Å². The molecule has 3 rings (SSSR count). The fourth-order valence-electron chi connectivity index (χ4n) is 2.26. The molecule has 1 atom stereocenters. The van der Waals surface area contributed by atoms with Crippen LogP contribution in [0.25, 0.3) is 0 Å². The first-order chi connectivity index (χ1) is 10.4. The number of esters is 1. The minimum Gasteiger partial charge on any atom is -0.415 e. The van der Waals surface area contributed by atoms with Gasteiger partial charge in [0, 0.05) is 16.3 Å². The molecule has 1 aliphatic rings. The monoisotopic (exact) mass is 317 g/mol. The zero-order valence-corrected chi connectivity index (χ0v) is 12.3. The van der Waals surface area contributed by atoms with E-state index in [-0.39, 0.29) is 11.1 Å². The average Bonchev–Trinajstić information content (AvgIpc) is 2.76. The highest BCUT2D eigenvalue weighted by atomic mass is 35.5. The van der Waals surface area contributed by atoms with Gasteiger partial charge in [0.1, 0.15) is 0 Å². The van der Waals surface area contributed by atoms with Crippen LogP contribution in [-0.4, -0.2) is 17.0 Å². The van der Waals surface area contributed by atoms with Gasteiger partial charge in [-0.15, -0.1) is 0 Å². The summed E-state index contributed by atoms with van der Waals surface area (Å²) in [4.78, 5) is 24.1. The number of ether oxygens (including phenoxy) is 1. The van der Waals surface area contributed by atoms with E-state index in [9.17, 15) is 14.7 Å². The number of aryl methyl sites for hydroxylation is 1. The normalized spacial score (nSPS) is 19.5. The number of halogens is 1. The Morgan fingerprint density at radius 3 is 2.73 bits per heavy atom. The fraction of sp³-hybridized carbons (Fsp3) is 0.125. The maximum Gasteiger partial charge on any atom is 0.341 e. The van der Waals surface area contributed by atoms with Crippen LogP contribution in [0.1, 0.15) is 21.5 Å². The van der Waals surface area contributed by atoms with Crippen molar-refractivity contribution in [1.29, 1.82) is 0 Å². The summed E-state index contributed by atoms with van der Waals surface area (Å²) in [5, 5.41) is 13.5. The third-order valence-corrected chi connectivity index (χ3v) is 3.90. The topological polar surface area (TPSA) is 75.6 Å². The van der Waals surface area contributed by atoms with E-state index in [4.69, 9.17) is 16.3 Å². The van der Waals surface area contributed by atoms with Crippen molar-refractivity contribution in [2.75, 3.05) is 5.32 Å². The summed E-state index contributed by atoms with van der Waals surface area (Å²) in [5.74, 6) is -3.94. The number of aliphatic hydroxyl groups is 1. The van der Waals surface area contributed by atoms with Crippen LogP contribution in [0, 0.1) is 6.92 Å². The van der Waals surface area contributed by atoms with Crippen molar-refractivity contribution in [3.63, 3.8) is 0 Å². The lowest BCUT2D eigenvalue weighted by molar-refractivity contribution is -0.180. The Kier molecular flexibility index (Phi) is 3.39. The molecule has 0 fully saturated rings. The summed E-state index contributed by atoms with van der Waals surface area (Å²) in [6.45, 7) is 1.83. The Labute approximate surface area is 131 Å². The number of benzene rings is 2. The number of cyclic esters (lactones) is 1. The van der Waals surface area contributed by atoms with Crippen molar-refractivity contribution >= 4 is 29.2 Å². The fourth-order valence-corrected chi connectivity index (χ4v) is 2.44. The van der Waals surface area contributed by atoms with E-state index in [0.717, 1.165) is 5.56 Å². The van der Waals surface area contributed by atoms with Gasteiger partial charge in [0.25, 0.3) is 0 Å². The third kappa shape index (κ3) is 2.24. The van der Waals surface area contributed by atoms with Gasteiger partial charge in [0.05, 0.1) is 5.56 Å². The lowest BCUT2D eigenvalue weighted by Crippen LogP contribution is -2.40. The summed E-state index contributed by atoms with van der Waals surface area (Å²) in [6, 6.07) is 11.1. The predicted molar refractivity (Wildman–Crippen MR) is 80.6 cm³/mol. The third-order valence-electron chi connectivity index (χ3n) is 3.49. The van der Waals surface area contributed by atoms with E-state index >= 15 is 0 Å². The number of anilines is 1. The van der Waals surface area contributed by atoms with E-state index in [1.807, 2.05) is 6.92 Å². The summed E-state index contributed by atoms with van der Waals surface area (Å²) >= 11 is 6.00. The maximum atomic E-state index is 12.4. The Morgan fingerprint density at radius 1 is 1.27 bits per heavy atom. The van der Waals surface area contributed by atoms with Gasteiger partial charge in [0.2, 0.25) is 0 Å². The van der Waals surface area contributed by atoms with Crippen LogP contribution in [0.15, 0.2) is 42.5 Å². The molecule has 1 aliphatic heterocycles. The zero-order chi connectivity index (χ0) is 15.9. The molecule has 0 aliphatic carbocycles. The molecule has 0 saturated carbocycles. The van der Waals surface area contributed by atoms with Gasteiger partial charge in [-0.25, -0.2) is 4.79 Å². The first kappa shape index (κ1) is 14.6. The lowest BCUT2D eigenvalue weighted by atomic mass is 10.0. The number of hydrogen-bond acceptors (Lipinski definition) is 4. The summed E-state index contributed by atoms with van der Waals surface area (Å²) in [6.07, 6.45) is 0. The highest BCUT2D eigenvalue weighted by molar-refractivity contribution is 6.31. The van der Waals surface area contributed by atoms with Crippen molar-refractivity contribution in [2.24, 2.45) is 0 Å². The molecule has 112 valence electrons. The highest BCUT2D eigenvalue weighted by Crippen LogP contribution is 2.35. The van der Waals surface area contributed by atoms with E-state index < -0.39 is 17.7 Å². The smallest absolute Gasteiger partial charge is 0.341 e. The van der Waals surface area contributed by atoms with Gasteiger partial charge in [-0.1, -0.05) is 35.9 Å². The summed E-state index contributed by atoms with van der Waals surface area (Å²) in [7, 11) is 0. The Hall–Kier alpha value is -2.37. The second kappa shape index (κ2) is 5.12. The van der Waals surface area contributed by atoms with Gasteiger partial charge in [-0.05, 0) is 30.7 Å². The maximum absolute atomic E-state index is 12.4. The van der Waals surface area contributed by atoms with Crippen molar-refractivity contribution in [2.45, 2.75) is 12.7 Å². The van der Waals surface area contributed by atoms with Crippen LogP contribution >= 0.6 is 11.6 Å². The first-order valence-electron chi connectivity index (χ1n) is 6.54. The zero-order valence-electron chi connectivity index (χ0n) is 11.6. The Morgan fingerprint density at radius 2 is 2.00 bits per heavy atom. The molecule has 2 aromatic rings. The molecular weight excluding hydrogens is 306 g/mol. The molecule has 1 amide bonds. The van der Waals surface area contributed by atoms with E-state index in [0.29, 0.717) is 10.7 Å². The number of carbonyl (C=O) groups is 2. The van der Waals surface area contributed by atoms with Gasteiger partial charge in [-0.3, -0.25) is 4.79 Å². The minimum atomic E-state index is -2.34. The second-order valence-corrected chi connectivity index (χ2v) is 5.40. The molecular formula is C16H12ClNO4. The molecule has 0 saturated heterocycles. The Bertz CT molecular complexity index is 789. The highest BCUT2D eigenvalue weighted by Gasteiger charge is 2.50. The molecule has 1 unspecified atom stereocenters. The van der Waals surface area contributed by atoms with Gasteiger partial charge >= 0.3 is 17.7 Å². The van der Waals surface area contributed by atoms with Crippen LogP contribution in [0.3, 0.4) is 0 Å². The average molecular weight is 318 g/mol. The van der Waals surface area contributed by atoms with Crippen LogP contribution < -0.4 is 5.32 Å². The molecule has 0 bridgehead atoms. The number of nitrogens with one attached hydrogen (secondary N) is 1. The van der Waals surface area contributed by atoms with Crippen LogP contribution in [0.2, 0.25) is 5.02 Å². The number of rotatable bonds is 2. The van der Waals surface area contributed by atoms with Crippen molar-refractivity contribution in [3.05, 3.63) is 64.2 Å². The number of amides is 1. The molecule has 2 aromatic carbocycles. The van der Waals surface area contributed by atoms with Gasteiger partial charge in [0.15, 0.2) is 0 Å². The number of hydrogen-bond donors (Lipinski definition) is 2. The molecule has 0 spiro atoms. The van der Waals surface area contributed by atoms with Gasteiger partial charge < -0.3 is 15.2 Å². The van der Waals surface area contributed by atoms with Crippen LogP contribution in [0.4, 0.5) is 5.69 Å². The molecule has 22 heavy (non-hydrogen) atoms. The SMILES string of the molecule is Cc1ccc(NC(=O)C2(O)OC(=O)c3ccccc32)cc1Cl. The van der Waals surface area contributed by atoms with E-state index in [1.165, 1.54) is 12.1 Å². The van der Waals surface area contributed by atoms with E-state index in [2.05, 4.69) is 5.32 Å². The number of carbonyl (C=O) groups excluding carboxylic acids is 2. The van der Waals surface area contributed by atoms with Crippen molar-refractivity contribution in [1.82, 2.24) is 0 Å². The molecule has 0 radical (unpaired) electrons. The quantitative estimate of drug-likeness (QED) is 0.835. The standard InChI is InChI=1S/C16H12ClNO4/c1-9-6-7-10(8-13(9)17)18-15(20)16(21)12-5-3-2-4-11(12)14(19)22-16/h2-8,21H,1H3,(H,18,20). The molecule has 2 N–H and O–H groups in total. The van der Waals surface area contributed by atoms with Gasteiger partial charge in [-0.2, -0.15) is 0 Å². The molecule has 1 heterocycles. The summed E-state index contributed by atoms with van der Waals surface area (Å²) in [5.41, 5.74) is 1.54. The second-order valence-electron chi connectivity index (χ2n) is 5.00. The van der Waals surface area contributed by atoms with Crippen molar-refractivity contribution < 1.29 is 19.4 Å². The van der Waals surface area contributed by atoms with Crippen molar-refractivity contribution in [3.8, 4) is 0 Å². The minimum absolute atomic E-state index is 0.121. The Balaban J connectivity index is 1.92.